The van der Waals surface area contributed by atoms with Crippen LogP contribution in [0.15, 0.2) is 142 Å². The van der Waals surface area contributed by atoms with E-state index in [4.69, 9.17) is 8.83 Å². The highest BCUT2D eigenvalue weighted by Crippen LogP contribution is 2.58. The molecule has 4 nitrogen and oxygen atoms in total. The van der Waals surface area contributed by atoms with Gasteiger partial charge in [-0.3, -0.25) is 0 Å². The maximum absolute atomic E-state index is 7.39. The summed E-state index contributed by atoms with van der Waals surface area (Å²) in [5.41, 5.74) is 20.6. The first-order valence-corrected chi connectivity index (χ1v) is 26.7. The molecule has 0 fully saturated rings. The van der Waals surface area contributed by atoms with E-state index < -0.39 is 0 Å². The minimum absolute atomic E-state index is 0.00666. The molecular formula is C65H57BN2O2S. The van der Waals surface area contributed by atoms with E-state index in [1.165, 1.54) is 93.5 Å². The maximum atomic E-state index is 7.39. The molecule has 3 aromatic heterocycles. The van der Waals surface area contributed by atoms with Crippen LogP contribution in [0.2, 0.25) is 0 Å². The number of thiophene rings is 1. The van der Waals surface area contributed by atoms with Gasteiger partial charge in [0.1, 0.15) is 11.2 Å². The molecule has 2 aliphatic heterocycles. The molecule has 0 N–H and O–H groups in total. The molecule has 0 bridgehead atoms. The number of aryl methyl sites for hydroxylation is 1. The summed E-state index contributed by atoms with van der Waals surface area (Å²) >= 11 is 2.00. The van der Waals surface area contributed by atoms with Crippen LogP contribution < -0.4 is 20.0 Å². The van der Waals surface area contributed by atoms with Crippen molar-refractivity contribution in [2.24, 2.45) is 0 Å². The summed E-state index contributed by atoms with van der Waals surface area (Å²) in [5, 5.41) is 8.29. The van der Waals surface area contributed by atoms with Crippen LogP contribution in [0.4, 0.5) is 28.4 Å². The third kappa shape index (κ3) is 5.58. The van der Waals surface area contributed by atoms with Crippen molar-refractivity contribution in [3.63, 3.8) is 0 Å². The Labute approximate surface area is 420 Å². The molecule has 0 amide bonds. The van der Waals surface area contributed by atoms with Crippen LogP contribution in [0.3, 0.4) is 0 Å². The van der Waals surface area contributed by atoms with Crippen molar-refractivity contribution in [2.75, 3.05) is 9.71 Å². The smallest absolute Gasteiger partial charge is 0.344 e. The second-order valence-electron chi connectivity index (χ2n) is 24.2. The van der Waals surface area contributed by atoms with Crippen LogP contribution in [0.1, 0.15) is 109 Å². The minimum Gasteiger partial charge on any atom is -0.454 e. The van der Waals surface area contributed by atoms with Crippen molar-refractivity contribution in [2.45, 2.75) is 110 Å². The Morgan fingerprint density at radius 1 is 0.465 bits per heavy atom. The molecule has 71 heavy (non-hydrogen) atoms. The first-order chi connectivity index (χ1) is 34.1. The Bertz CT molecular complexity index is 4180. The third-order valence-electron chi connectivity index (χ3n) is 18.0. The van der Waals surface area contributed by atoms with Gasteiger partial charge in [-0.2, -0.15) is 0 Å². The van der Waals surface area contributed by atoms with Crippen LogP contribution in [-0.2, 0) is 21.7 Å². The number of benzene rings is 8. The van der Waals surface area contributed by atoms with Crippen molar-refractivity contribution in [1.82, 2.24) is 0 Å². The van der Waals surface area contributed by atoms with E-state index in [0.29, 0.717) is 0 Å². The van der Waals surface area contributed by atoms with Gasteiger partial charge in [-0.05, 0) is 158 Å². The highest BCUT2D eigenvalue weighted by atomic mass is 32.1. The van der Waals surface area contributed by atoms with Crippen LogP contribution in [0.25, 0.3) is 75.9 Å². The van der Waals surface area contributed by atoms with E-state index in [-0.39, 0.29) is 28.5 Å². The third-order valence-corrected chi connectivity index (χ3v) is 19.2. The van der Waals surface area contributed by atoms with Crippen molar-refractivity contribution < 1.29 is 8.83 Å². The molecule has 4 aliphatic rings. The Hall–Kier alpha value is -6.76. The Balaban J connectivity index is 1.16. The fraction of sp³-hybridized carbons (Fsp3) is 0.262. The number of rotatable bonds is 2. The van der Waals surface area contributed by atoms with Gasteiger partial charge in [-0.15, -0.1) is 11.3 Å². The molecule has 8 aromatic carbocycles. The number of nitrogens with zero attached hydrogens (tertiary/aromatic N) is 2. The highest BCUT2D eigenvalue weighted by Gasteiger charge is 2.51. The molecule has 0 saturated carbocycles. The summed E-state index contributed by atoms with van der Waals surface area (Å²) in [7, 11) is 0. The lowest BCUT2D eigenvalue weighted by atomic mass is 9.46. The molecule has 15 rings (SSSR count). The van der Waals surface area contributed by atoms with Gasteiger partial charge in [0.2, 0.25) is 0 Å². The van der Waals surface area contributed by atoms with Gasteiger partial charge < -0.3 is 18.5 Å². The molecule has 0 unspecified atom stereocenters. The molecule has 0 spiro atoms. The zero-order valence-electron chi connectivity index (χ0n) is 42.2. The predicted molar refractivity (Wildman–Crippen MR) is 303 cm³/mol. The van der Waals surface area contributed by atoms with Crippen molar-refractivity contribution >= 4 is 122 Å². The lowest BCUT2D eigenvalue weighted by Gasteiger charge is -2.46. The summed E-state index contributed by atoms with van der Waals surface area (Å²) in [6.45, 7) is 21.8. The average molecular weight is 941 g/mol. The lowest BCUT2D eigenvalue weighted by Crippen LogP contribution is -2.60. The molecular weight excluding hydrogens is 884 g/mol. The number of para-hydroxylation sites is 3. The van der Waals surface area contributed by atoms with Gasteiger partial charge in [-0.1, -0.05) is 134 Å². The zero-order chi connectivity index (χ0) is 48.2. The van der Waals surface area contributed by atoms with Crippen LogP contribution in [-0.4, -0.2) is 6.85 Å². The largest absolute Gasteiger partial charge is 0.454 e. The van der Waals surface area contributed by atoms with Crippen LogP contribution >= 0.6 is 11.3 Å². The zero-order valence-corrected chi connectivity index (χ0v) is 43.0. The maximum Gasteiger partial charge on any atom is 0.344 e. The highest BCUT2D eigenvalue weighted by molar-refractivity contribution is 7.32. The average Bonchev–Trinajstić information content (AvgIpc) is 4.05. The number of furan rings is 2. The van der Waals surface area contributed by atoms with Gasteiger partial charge >= 0.3 is 6.85 Å². The van der Waals surface area contributed by atoms with Gasteiger partial charge in [0.25, 0.3) is 0 Å². The standard InChI is InChI=1S/C65H57BN2O2S/c1-36-29-46-48(64(6,7)27-25-62(46,2)3)34-51(36)67-57-45-33-47-49(65(8,9)28-26-63(47,4)5)35-55(45)71-61(57)66-56-43(32-44-40-20-13-15-24-54(40)70-60(44)58(56)67)42-30-37-17-10-11-18-38(37)31-52(42)68(66)50-22-16-21-41-39-19-12-14-23-53(39)69-59(41)50/h10-24,29-35H,25-28H2,1-9H3. The van der Waals surface area contributed by atoms with Crippen molar-refractivity contribution in [1.29, 1.82) is 0 Å². The van der Waals surface area contributed by atoms with Crippen molar-refractivity contribution in [3.8, 4) is 11.1 Å². The van der Waals surface area contributed by atoms with E-state index in [0.717, 1.165) is 74.5 Å². The molecule has 11 aromatic rings. The van der Waals surface area contributed by atoms with Gasteiger partial charge in [0, 0.05) is 53.3 Å². The number of hydrogen-bond donors (Lipinski definition) is 0. The normalized spacial score (nSPS) is 18.1. The van der Waals surface area contributed by atoms with Gasteiger partial charge in [-0.25, -0.2) is 0 Å². The first kappa shape index (κ1) is 42.0. The Morgan fingerprint density at radius 2 is 1.03 bits per heavy atom. The number of anilines is 5. The van der Waals surface area contributed by atoms with Crippen LogP contribution in [0.5, 0.6) is 0 Å². The summed E-state index contributed by atoms with van der Waals surface area (Å²) in [6.07, 6.45) is 4.62. The van der Waals surface area contributed by atoms with E-state index in [1.807, 2.05) is 11.3 Å². The molecule has 348 valence electrons. The van der Waals surface area contributed by atoms with E-state index in [2.05, 4.69) is 205 Å². The van der Waals surface area contributed by atoms with Gasteiger partial charge in [0.15, 0.2) is 11.2 Å². The van der Waals surface area contributed by atoms with Gasteiger partial charge in [0.05, 0.1) is 17.1 Å². The van der Waals surface area contributed by atoms with Crippen LogP contribution in [0, 0.1) is 6.92 Å². The monoisotopic (exact) mass is 940 g/mol. The van der Waals surface area contributed by atoms with E-state index in [9.17, 15) is 0 Å². The summed E-state index contributed by atoms with van der Waals surface area (Å²) in [6, 6.07) is 50.6. The number of hydrogen-bond acceptors (Lipinski definition) is 5. The summed E-state index contributed by atoms with van der Waals surface area (Å²) in [4.78, 5) is 5.37. The topological polar surface area (TPSA) is 32.8 Å². The van der Waals surface area contributed by atoms with Crippen molar-refractivity contribution in [3.05, 3.63) is 161 Å². The molecule has 6 heteroatoms. The SMILES string of the molecule is Cc1cc2c(cc1N1c3c(sc4cc5c(cc34)C(C)(C)CCC5(C)C)B3c4c(cc5c(oc6ccccc65)c41)-c1cc4ccccc4cc1N3c1cccc3c1oc1ccccc13)C(C)(C)CCC2(C)C. The fourth-order valence-electron chi connectivity index (χ4n) is 13.8. The second kappa shape index (κ2) is 13.8. The van der Waals surface area contributed by atoms with E-state index >= 15 is 0 Å². The minimum atomic E-state index is -0.222. The molecule has 2 aliphatic carbocycles. The Kier molecular flexibility index (Phi) is 8.16. The Morgan fingerprint density at radius 3 is 1.72 bits per heavy atom. The summed E-state index contributed by atoms with van der Waals surface area (Å²) < 4.78 is 17.1. The predicted octanol–water partition coefficient (Wildman–Crippen LogP) is 17.6. The molecule has 0 saturated heterocycles. The summed E-state index contributed by atoms with van der Waals surface area (Å²) in [5.74, 6) is 0. The second-order valence-corrected chi connectivity index (χ2v) is 25.3. The number of fused-ring (bicyclic) bond motifs is 16. The van der Waals surface area contributed by atoms with E-state index in [1.54, 1.807) is 0 Å². The molecule has 5 heterocycles. The first-order valence-electron chi connectivity index (χ1n) is 25.9. The fourth-order valence-corrected chi connectivity index (χ4v) is 15.1. The quantitative estimate of drug-likeness (QED) is 0.162. The lowest BCUT2D eigenvalue weighted by molar-refractivity contribution is 0.332. The molecule has 0 radical (unpaired) electrons. The molecule has 0 atom stereocenters.